The van der Waals surface area contributed by atoms with Crippen molar-refractivity contribution in [3.8, 4) is 12.3 Å². The number of ether oxygens (including phenoxy) is 3. The smallest absolute Gasteiger partial charge is 0.370 e. The van der Waals surface area contributed by atoms with E-state index in [0.29, 0.717) is 12.8 Å². The molecule has 0 aromatic rings. The number of hydrogen-bond acceptors (Lipinski definition) is 9. The third kappa shape index (κ3) is 7.35. The zero-order valence-electron chi connectivity index (χ0n) is 14.7. The molecule has 1 heterocycles. The van der Waals surface area contributed by atoms with E-state index >= 15 is 0 Å². The SMILES string of the molecule is C#CCCCO[C@@H]1[C@@H](OC)O[C@@H](COP(=O)(O)OC)[C@@H]1OP(=O)(O)OC. The first kappa shape index (κ1) is 23.7. The van der Waals surface area contributed by atoms with Gasteiger partial charge in [-0.25, -0.2) is 9.13 Å². The molecule has 13 heteroatoms. The molecule has 0 bridgehead atoms. The van der Waals surface area contributed by atoms with Gasteiger partial charge in [0.1, 0.15) is 18.3 Å². The molecule has 0 aromatic heterocycles. The van der Waals surface area contributed by atoms with Gasteiger partial charge in [-0.2, -0.15) is 0 Å². The standard InChI is InChI=1S/C13H24O11P2/c1-5-6-7-8-21-12-11(24-26(16,17)20-4)10(23-13(12)18-2)9-22-25(14,15)19-3/h1,10-13H,6-9H2,2-4H3,(H,14,15)(H,16,17)/t10-,11-,12-,13-/m0/s1. The minimum absolute atomic E-state index is 0.213. The molecule has 26 heavy (non-hydrogen) atoms. The van der Waals surface area contributed by atoms with E-state index in [4.69, 9.17) is 29.7 Å². The number of phosphoric acid groups is 2. The molecule has 0 radical (unpaired) electrons. The summed E-state index contributed by atoms with van der Waals surface area (Å²) in [6.45, 7) is -0.273. The summed E-state index contributed by atoms with van der Waals surface area (Å²) in [7, 11) is -5.39. The summed E-state index contributed by atoms with van der Waals surface area (Å²) in [6.07, 6.45) is 2.03. The maximum absolute atomic E-state index is 11.8. The highest BCUT2D eigenvalue weighted by Gasteiger charge is 2.50. The number of methoxy groups -OCH3 is 1. The summed E-state index contributed by atoms with van der Waals surface area (Å²) in [5.74, 6) is 2.46. The average Bonchev–Trinajstić information content (AvgIpc) is 2.93. The maximum atomic E-state index is 11.8. The fourth-order valence-electron chi connectivity index (χ4n) is 2.13. The van der Waals surface area contributed by atoms with Gasteiger partial charge in [-0.05, 0) is 6.42 Å². The number of phosphoric ester groups is 2. The Labute approximate surface area is 152 Å². The molecule has 0 spiro atoms. The van der Waals surface area contributed by atoms with Crippen LogP contribution in [0.3, 0.4) is 0 Å². The van der Waals surface area contributed by atoms with Crippen molar-refractivity contribution >= 4 is 15.6 Å². The van der Waals surface area contributed by atoms with Crippen LogP contribution in [0.2, 0.25) is 0 Å². The van der Waals surface area contributed by atoms with Gasteiger partial charge in [-0.15, -0.1) is 12.3 Å². The fourth-order valence-corrected chi connectivity index (χ4v) is 3.22. The van der Waals surface area contributed by atoms with Gasteiger partial charge in [-0.1, -0.05) is 0 Å². The lowest BCUT2D eigenvalue weighted by atomic mass is 10.1. The quantitative estimate of drug-likeness (QED) is 0.267. The van der Waals surface area contributed by atoms with Gasteiger partial charge in [0.25, 0.3) is 0 Å². The summed E-state index contributed by atoms with van der Waals surface area (Å²) in [5, 5.41) is 0. The molecule has 1 rings (SSSR count). The first-order chi connectivity index (χ1) is 12.2. The Kier molecular flexibility index (Phi) is 9.90. The molecule has 0 amide bonds. The minimum Gasteiger partial charge on any atom is -0.370 e. The highest BCUT2D eigenvalue weighted by molar-refractivity contribution is 7.47. The predicted molar refractivity (Wildman–Crippen MR) is 88.0 cm³/mol. The average molecular weight is 418 g/mol. The van der Waals surface area contributed by atoms with Crippen molar-refractivity contribution in [3.63, 3.8) is 0 Å². The van der Waals surface area contributed by atoms with Gasteiger partial charge in [-0.3, -0.25) is 18.1 Å². The van der Waals surface area contributed by atoms with Crippen molar-refractivity contribution in [2.24, 2.45) is 0 Å². The van der Waals surface area contributed by atoms with Crippen LogP contribution in [0.25, 0.3) is 0 Å². The van der Waals surface area contributed by atoms with Gasteiger partial charge in [0, 0.05) is 34.4 Å². The first-order valence-electron chi connectivity index (χ1n) is 7.53. The lowest BCUT2D eigenvalue weighted by Gasteiger charge is -2.25. The van der Waals surface area contributed by atoms with Crippen molar-refractivity contribution in [1.29, 1.82) is 0 Å². The van der Waals surface area contributed by atoms with E-state index in [0.717, 1.165) is 14.2 Å². The van der Waals surface area contributed by atoms with Crippen LogP contribution in [0.5, 0.6) is 0 Å². The van der Waals surface area contributed by atoms with E-state index < -0.39 is 46.9 Å². The number of hydrogen-bond donors (Lipinski definition) is 2. The molecule has 0 aromatic carbocycles. The van der Waals surface area contributed by atoms with Crippen molar-refractivity contribution in [2.45, 2.75) is 37.4 Å². The van der Waals surface area contributed by atoms with Gasteiger partial charge in [0.2, 0.25) is 0 Å². The van der Waals surface area contributed by atoms with Crippen LogP contribution in [-0.2, 0) is 41.4 Å². The topological polar surface area (TPSA) is 139 Å². The van der Waals surface area contributed by atoms with Crippen LogP contribution in [0.4, 0.5) is 0 Å². The lowest BCUT2D eigenvalue weighted by molar-refractivity contribution is -0.165. The molecule has 1 saturated heterocycles. The Hall–Kier alpha value is -0.340. The third-order valence-corrected chi connectivity index (χ3v) is 5.30. The molecule has 6 atom stereocenters. The van der Waals surface area contributed by atoms with E-state index in [-0.39, 0.29) is 6.61 Å². The largest absolute Gasteiger partial charge is 0.472 e. The van der Waals surface area contributed by atoms with Crippen LogP contribution in [0, 0.1) is 12.3 Å². The first-order valence-corrected chi connectivity index (χ1v) is 10.5. The van der Waals surface area contributed by atoms with Gasteiger partial charge in [0.05, 0.1) is 6.61 Å². The van der Waals surface area contributed by atoms with Gasteiger partial charge < -0.3 is 24.0 Å². The van der Waals surface area contributed by atoms with Crippen LogP contribution in [-0.4, -0.2) is 68.9 Å². The summed E-state index contributed by atoms with van der Waals surface area (Å²) in [5.41, 5.74) is 0. The molecule has 1 fully saturated rings. The van der Waals surface area contributed by atoms with Crippen molar-refractivity contribution in [3.05, 3.63) is 0 Å². The highest BCUT2D eigenvalue weighted by Crippen LogP contribution is 2.48. The predicted octanol–water partition coefficient (Wildman–Crippen LogP) is 1.05. The second-order valence-corrected chi connectivity index (χ2v) is 8.16. The van der Waals surface area contributed by atoms with Crippen molar-refractivity contribution in [2.75, 3.05) is 34.5 Å². The molecule has 152 valence electrons. The molecule has 11 nitrogen and oxygen atoms in total. The zero-order valence-corrected chi connectivity index (χ0v) is 16.5. The summed E-state index contributed by atoms with van der Waals surface area (Å²) in [6, 6.07) is 0. The maximum Gasteiger partial charge on any atom is 0.472 e. The second-order valence-electron chi connectivity index (χ2n) is 5.09. The van der Waals surface area contributed by atoms with E-state index in [1.165, 1.54) is 7.11 Å². The zero-order chi connectivity index (χ0) is 19.8. The Morgan fingerprint density at radius 3 is 2.31 bits per heavy atom. The summed E-state index contributed by atoms with van der Waals surface area (Å²) >= 11 is 0. The molecule has 1 aliphatic rings. The summed E-state index contributed by atoms with van der Waals surface area (Å²) in [4.78, 5) is 19.0. The Balaban J connectivity index is 2.90. The molecule has 0 saturated carbocycles. The van der Waals surface area contributed by atoms with Crippen LogP contribution in [0.1, 0.15) is 12.8 Å². The molecular weight excluding hydrogens is 394 g/mol. The molecule has 1 aliphatic heterocycles. The lowest BCUT2D eigenvalue weighted by Crippen LogP contribution is -2.39. The molecule has 2 unspecified atom stereocenters. The molecule has 2 N–H and O–H groups in total. The van der Waals surface area contributed by atoms with Crippen LogP contribution in [0.15, 0.2) is 0 Å². The van der Waals surface area contributed by atoms with Gasteiger partial charge >= 0.3 is 15.6 Å². The number of unbranched alkanes of at least 4 members (excludes halogenated alkanes) is 1. The Morgan fingerprint density at radius 1 is 1.12 bits per heavy atom. The van der Waals surface area contributed by atoms with Crippen LogP contribution < -0.4 is 0 Å². The van der Waals surface area contributed by atoms with Crippen LogP contribution >= 0.6 is 15.6 Å². The third-order valence-electron chi connectivity index (χ3n) is 3.39. The Morgan fingerprint density at radius 2 is 1.77 bits per heavy atom. The van der Waals surface area contributed by atoms with E-state index in [1.54, 1.807) is 0 Å². The van der Waals surface area contributed by atoms with E-state index in [9.17, 15) is 18.9 Å². The molecule has 0 aliphatic carbocycles. The monoisotopic (exact) mass is 418 g/mol. The van der Waals surface area contributed by atoms with E-state index in [2.05, 4.69) is 15.0 Å². The Bertz CT molecular complexity index is 563. The van der Waals surface area contributed by atoms with Crippen molar-refractivity contribution in [1.82, 2.24) is 0 Å². The second kappa shape index (κ2) is 10.9. The summed E-state index contributed by atoms with van der Waals surface area (Å²) < 4.78 is 58.1. The number of rotatable bonds is 12. The molecular formula is C13H24O11P2. The van der Waals surface area contributed by atoms with Gasteiger partial charge in [0.15, 0.2) is 6.29 Å². The minimum atomic E-state index is -4.42. The fraction of sp³-hybridized carbons (Fsp3) is 0.846. The van der Waals surface area contributed by atoms with Crippen molar-refractivity contribution < 1.29 is 51.2 Å². The number of terminal acetylenes is 1. The highest BCUT2D eigenvalue weighted by atomic mass is 31.2. The normalized spacial score (nSPS) is 30.5. The van der Waals surface area contributed by atoms with E-state index in [1.807, 2.05) is 0 Å².